The van der Waals surface area contributed by atoms with Gasteiger partial charge in [-0.3, -0.25) is 0 Å². The van der Waals surface area contributed by atoms with Gasteiger partial charge in [0.25, 0.3) is 0 Å². The molecule has 1 atom stereocenters. The Kier molecular flexibility index (Phi) is 4.54. The van der Waals surface area contributed by atoms with Gasteiger partial charge in [-0.1, -0.05) is 46.3 Å². The molecule has 0 amide bonds. The lowest BCUT2D eigenvalue weighted by Crippen LogP contribution is -2.14. The molecule has 0 aliphatic heterocycles. The van der Waals surface area contributed by atoms with E-state index in [4.69, 9.17) is 5.73 Å². The van der Waals surface area contributed by atoms with Crippen LogP contribution in [0.5, 0.6) is 0 Å². The summed E-state index contributed by atoms with van der Waals surface area (Å²) in [7, 11) is 0. The van der Waals surface area contributed by atoms with E-state index in [0.717, 1.165) is 15.6 Å². The van der Waals surface area contributed by atoms with Crippen LogP contribution in [0.2, 0.25) is 0 Å². The van der Waals surface area contributed by atoms with Gasteiger partial charge in [-0.15, -0.1) is 0 Å². The molecule has 0 saturated carbocycles. The zero-order valence-corrected chi connectivity index (χ0v) is 12.7. The molecule has 0 aromatic heterocycles. The summed E-state index contributed by atoms with van der Waals surface area (Å²) in [5.41, 5.74) is 8.04. The minimum atomic E-state index is -0.282. The molecule has 94 valence electrons. The second-order valence-electron chi connectivity index (χ2n) is 4.05. The zero-order chi connectivity index (χ0) is 13.1. The van der Waals surface area contributed by atoms with Gasteiger partial charge in [-0.25, -0.2) is 4.39 Å². The minimum absolute atomic E-state index is 0.242. The van der Waals surface area contributed by atoms with Crippen LogP contribution in [0, 0.1) is 5.82 Å². The lowest BCUT2D eigenvalue weighted by Gasteiger charge is -2.15. The van der Waals surface area contributed by atoms with E-state index in [1.165, 1.54) is 6.07 Å². The van der Waals surface area contributed by atoms with Crippen molar-refractivity contribution >= 4 is 31.9 Å². The highest BCUT2D eigenvalue weighted by molar-refractivity contribution is 9.10. The summed E-state index contributed by atoms with van der Waals surface area (Å²) in [6.45, 7) is 0. The second-order valence-corrected chi connectivity index (χ2v) is 5.69. The number of hydrogen-bond donors (Lipinski definition) is 1. The van der Waals surface area contributed by atoms with Crippen molar-refractivity contribution in [3.63, 3.8) is 0 Å². The van der Waals surface area contributed by atoms with E-state index in [0.29, 0.717) is 10.9 Å². The molecule has 0 aliphatic carbocycles. The fourth-order valence-electron chi connectivity index (χ4n) is 1.82. The van der Waals surface area contributed by atoms with Crippen molar-refractivity contribution in [1.82, 2.24) is 0 Å². The second kappa shape index (κ2) is 5.95. The molecule has 1 nitrogen and oxygen atoms in total. The number of nitrogens with two attached hydrogens (primary N) is 1. The van der Waals surface area contributed by atoms with Crippen LogP contribution in [0.25, 0.3) is 0 Å². The van der Waals surface area contributed by atoms with Crippen LogP contribution in [0.1, 0.15) is 17.2 Å². The van der Waals surface area contributed by atoms with Crippen LogP contribution in [0.3, 0.4) is 0 Å². The van der Waals surface area contributed by atoms with Crippen molar-refractivity contribution in [2.24, 2.45) is 5.73 Å². The van der Waals surface area contributed by atoms with Crippen LogP contribution < -0.4 is 5.73 Å². The van der Waals surface area contributed by atoms with Crippen LogP contribution in [0.15, 0.2) is 51.4 Å². The van der Waals surface area contributed by atoms with Crippen molar-refractivity contribution < 1.29 is 4.39 Å². The van der Waals surface area contributed by atoms with Crippen molar-refractivity contribution in [2.75, 3.05) is 0 Å². The summed E-state index contributed by atoms with van der Waals surface area (Å²) >= 11 is 6.73. The fourth-order valence-corrected chi connectivity index (χ4v) is 2.82. The number of benzene rings is 2. The molecule has 0 bridgehead atoms. The third kappa shape index (κ3) is 2.99. The van der Waals surface area contributed by atoms with Crippen molar-refractivity contribution in [3.05, 3.63) is 68.4 Å². The van der Waals surface area contributed by atoms with Crippen LogP contribution in [-0.2, 0) is 6.42 Å². The third-order valence-corrected chi connectivity index (χ3v) is 4.39. The first-order valence-electron chi connectivity index (χ1n) is 5.52. The first-order chi connectivity index (χ1) is 8.59. The fraction of sp³-hybridized carbons (Fsp3) is 0.143. The SMILES string of the molecule is NC(Cc1ccccc1Br)c1cccc(F)c1Br. The van der Waals surface area contributed by atoms with Crippen LogP contribution in [-0.4, -0.2) is 0 Å². The average Bonchev–Trinajstić information content (AvgIpc) is 2.35. The zero-order valence-electron chi connectivity index (χ0n) is 9.54. The Hall–Kier alpha value is -0.710. The number of halogens is 3. The molecule has 0 fully saturated rings. The predicted octanol–water partition coefficient (Wildman–Crippen LogP) is 4.59. The van der Waals surface area contributed by atoms with E-state index in [1.807, 2.05) is 30.3 Å². The monoisotopic (exact) mass is 371 g/mol. The van der Waals surface area contributed by atoms with Crippen molar-refractivity contribution in [3.8, 4) is 0 Å². The molecule has 2 N–H and O–H groups in total. The Morgan fingerprint density at radius 1 is 1.06 bits per heavy atom. The van der Waals surface area contributed by atoms with E-state index in [1.54, 1.807) is 6.07 Å². The normalized spacial score (nSPS) is 12.4. The quantitative estimate of drug-likeness (QED) is 0.837. The summed E-state index contributed by atoms with van der Waals surface area (Å²) in [6, 6.07) is 12.6. The third-order valence-electron chi connectivity index (χ3n) is 2.78. The summed E-state index contributed by atoms with van der Waals surface area (Å²) in [6.07, 6.45) is 0.656. The van der Waals surface area contributed by atoms with Gasteiger partial charge in [0.2, 0.25) is 0 Å². The number of rotatable bonds is 3. The molecular formula is C14H12Br2FN. The van der Waals surface area contributed by atoms with E-state index < -0.39 is 0 Å². The smallest absolute Gasteiger partial charge is 0.137 e. The maximum Gasteiger partial charge on any atom is 0.137 e. The Labute approximate surface area is 122 Å². The van der Waals surface area contributed by atoms with Gasteiger partial charge in [0.15, 0.2) is 0 Å². The largest absolute Gasteiger partial charge is 0.324 e. The van der Waals surface area contributed by atoms with Gasteiger partial charge in [-0.2, -0.15) is 0 Å². The minimum Gasteiger partial charge on any atom is -0.324 e. The van der Waals surface area contributed by atoms with Gasteiger partial charge in [0.05, 0.1) is 4.47 Å². The molecule has 0 radical (unpaired) electrons. The Balaban J connectivity index is 2.25. The first kappa shape index (κ1) is 13.7. The molecule has 2 aromatic rings. The average molecular weight is 373 g/mol. The van der Waals surface area contributed by atoms with Gasteiger partial charge in [0, 0.05) is 10.5 Å². The lowest BCUT2D eigenvalue weighted by molar-refractivity contribution is 0.610. The Bertz CT molecular complexity index is 557. The molecule has 0 saturated heterocycles. The van der Waals surface area contributed by atoms with Crippen molar-refractivity contribution in [2.45, 2.75) is 12.5 Å². The van der Waals surface area contributed by atoms with Crippen LogP contribution in [0.4, 0.5) is 4.39 Å². The lowest BCUT2D eigenvalue weighted by atomic mass is 10.00. The maximum absolute atomic E-state index is 13.4. The van der Waals surface area contributed by atoms with Gasteiger partial charge >= 0.3 is 0 Å². The standard InChI is InChI=1S/C14H12Br2FN/c15-11-6-2-1-4-9(11)8-13(18)10-5-3-7-12(17)14(10)16/h1-7,13H,8,18H2. The summed E-state index contributed by atoms with van der Waals surface area (Å²) in [5.74, 6) is -0.282. The summed E-state index contributed by atoms with van der Waals surface area (Å²) in [5, 5.41) is 0. The highest BCUT2D eigenvalue weighted by Crippen LogP contribution is 2.28. The molecule has 1 unspecified atom stereocenters. The highest BCUT2D eigenvalue weighted by atomic mass is 79.9. The van der Waals surface area contributed by atoms with Crippen molar-refractivity contribution in [1.29, 1.82) is 0 Å². The van der Waals surface area contributed by atoms with Gasteiger partial charge in [-0.05, 0) is 45.6 Å². The maximum atomic E-state index is 13.4. The molecular weight excluding hydrogens is 361 g/mol. The van der Waals surface area contributed by atoms with E-state index >= 15 is 0 Å². The predicted molar refractivity (Wildman–Crippen MR) is 78.9 cm³/mol. The molecule has 2 aromatic carbocycles. The van der Waals surface area contributed by atoms with E-state index in [9.17, 15) is 4.39 Å². The molecule has 0 spiro atoms. The molecule has 18 heavy (non-hydrogen) atoms. The Morgan fingerprint density at radius 2 is 1.78 bits per heavy atom. The summed E-state index contributed by atoms with van der Waals surface area (Å²) < 4.78 is 14.9. The highest BCUT2D eigenvalue weighted by Gasteiger charge is 2.14. The number of hydrogen-bond acceptors (Lipinski definition) is 1. The molecule has 0 aliphatic rings. The van der Waals surface area contributed by atoms with E-state index in [2.05, 4.69) is 31.9 Å². The van der Waals surface area contributed by atoms with Gasteiger partial charge in [0.1, 0.15) is 5.82 Å². The van der Waals surface area contributed by atoms with E-state index in [-0.39, 0.29) is 11.9 Å². The van der Waals surface area contributed by atoms with Crippen LogP contribution >= 0.6 is 31.9 Å². The first-order valence-corrected chi connectivity index (χ1v) is 7.11. The van der Waals surface area contributed by atoms with Gasteiger partial charge < -0.3 is 5.73 Å². The molecule has 4 heteroatoms. The summed E-state index contributed by atoms with van der Waals surface area (Å²) in [4.78, 5) is 0. The molecule has 0 heterocycles. The Morgan fingerprint density at radius 3 is 2.50 bits per heavy atom. The molecule has 2 rings (SSSR count). The topological polar surface area (TPSA) is 26.0 Å².